The molecule has 2 aromatic rings. The van der Waals surface area contributed by atoms with Crippen molar-refractivity contribution >= 4 is 21.6 Å². The van der Waals surface area contributed by atoms with Gasteiger partial charge in [0.1, 0.15) is 11.9 Å². The van der Waals surface area contributed by atoms with Gasteiger partial charge in [0.2, 0.25) is 10.0 Å². The molecule has 0 aliphatic carbocycles. The summed E-state index contributed by atoms with van der Waals surface area (Å²) in [4.78, 5) is 1.99. The predicted molar refractivity (Wildman–Crippen MR) is 96.6 cm³/mol. The molecule has 0 saturated carbocycles. The molecule has 0 amide bonds. The van der Waals surface area contributed by atoms with Crippen molar-refractivity contribution in [3.63, 3.8) is 0 Å². The highest BCUT2D eigenvalue weighted by Gasteiger charge is 2.30. The van der Waals surface area contributed by atoms with Crippen LogP contribution in [-0.2, 0) is 16.6 Å². The second-order valence-electron chi connectivity index (χ2n) is 5.99. The Hall–Kier alpha value is -1.98. The lowest BCUT2D eigenvalue weighted by Crippen LogP contribution is -2.48. The Labute approximate surface area is 157 Å². The SMILES string of the molecule is N#Cc1ccccc1S(=O)(=O)N1CCN(Cc2c(F)cccc2Cl)CC1. The van der Waals surface area contributed by atoms with Gasteiger partial charge in [0.05, 0.1) is 10.5 Å². The molecule has 1 fully saturated rings. The van der Waals surface area contributed by atoms with Crippen molar-refractivity contribution in [3.8, 4) is 6.07 Å². The summed E-state index contributed by atoms with van der Waals surface area (Å²) in [5, 5.41) is 9.51. The van der Waals surface area contributed by atoms with Crippen LogP contribution in [0.3, 0.4) is 0 Å². The molecule has 0 radical (unpaired) electrons. The van der Waals surface area contributed by atoms with Crippen LogP contribution in [0.4, 0.5) is 4.39 Å². The van der Waals surface area contributed by atoms with E-state index in [1.54, 1.807) is 24.3 Å². The molecule has 0 bridgehead atoms. The van der Waals surface area contributed by atoms with E-state index in [2.05, 4.69) is 0 Å². The van der Waals surface area contributed by atoms with Crippen LogP contribution in [-0.4, -0.2) is 43.8 Å². The van der Waals surface area contributed by atoms with E-state index in [-0.39, 0.29) is 29.4 Å². The van der Waals surface area contributed by atoms with E-state index in [0.29, 0.717) is 30.2 Å². The molecule has 8 heteroatoms. The number of hydrogen-bond donors (Lipinski definition) is 0. The molecule has 0 aromatic heterocycles. The van der Waals surface area contributed by atoms with Crippen molar-refractivity contribution in [2.75, 3.05) is 26.2 Å². The second kappa shape index (κ2) is 7.72. The summed E-state index contributed by atoms with van der Waals surface area (Å²) in [7, 11) is -3.73. The third-order valence-electron chi connectivity index (χ3n) is 4.40. The maximum Gasteiger partial charge on any atom is 0.244 e. The molecule has 0 atom stereocenters. The van der Waals surface area contributed by atoms with Crippen molar-refractivity contribution in [1.82, 2.24) is 9.21 Å². The normalized spacial score (nSPS) is 16.3. The van der Waals surface area contributed by atoms with E-state index in [1.807, 2.05) is 11.0 Å². The number of sulfonamides is 1. The van der Waals surface area contributed by atoms with Gasteiger partial charge in [-0.05, 0) is 24.3 Å². The topological polar surface area (TPSA) is 64.4 Å². The summed E-state index contributed by atoms with van der Waals surface area (Å²) in [6, 6.07) is 12.6. The summed E-state index contributed by atoms with van der Waals surface area (Å²) in [5.74, 6) is -0.365. The van der Waals surface area contributed by atoms with Gasteiger partial charge in [-0.3, -0.25) is 4.90 Å². The van der Waals surface area contributed by atoms with Gasteiger partial charge >= 0.3 is 0 Å². The highest BCUT2D eigenvalue weighted by molar-refractivity contribution is 7.89. The van der Waals surface area contributed by atoms with Crippen molar-refractivity contribution in [3.05, 3.63) is 64.4 Å². The van der Waals surface area contributed by atoms with E-state index in [9.17, 15) is 12.8 Å². The fraction of sp³-hybridized carbons (Fsp3) is 0.278. The van der Waals surface area contributed by atoms with Gasteiger partial charge in [-0.15, -0.1) is 0 Å². The molecule has 1 aliphatic rings. The number of piperazine rings is 1. The van der Waals surface area contributed by atoms with E-state index < -0.39 is 10.0 Å². The molecule has 1 saturated heterocycles. The van der Waals surface area contributed by atoms with Crippen molar-refractivity contribution in [2.24, 2.45) is 0 Å². The standard InChI is InChI=1S/C18H17ClFN3O2S/c19-16-5-3-6-17(20)15(16)13-22-8-10-23(11-9-22)26(24,25)18-7-2-1-4-14(18)12-21/h1-7H,8-11,13H2. The fourth-order valence-electron chi connectivity index (χ4n) is 2.96. The Morgan fingerprint density at radius 1 is 1.08 bits per heavy atom. The molecule has 0 spiro atoms. The van der Waals surface area contributed by atoms with E-state index >= 15 is 0 Å². The monoisotopic (exact) mass is 393 g/mol. The van der Waals surface area contributed by atoms with E-state index in [0.717, 1.165) is 0 Å². The third-order valence-corrected chi connectivity index (χ3v) is 6.71. The highest BCUT2D eigenvalue weighted by Crippen LogP contribution is 2.24. The van der Waals surface area contributed by atoms with Crippen LogP contribution in [0.5, 0.6) is 0 Å². The van der Waals surface area contributed by atoms with Crippen LogP contribution in [0, 0.1) is 17.1 Å². The van der Waals surface area contributed by atoms with Crippen LogP contribution in [0.2, 0.25) is 5.02 Å². The average Bonchev–Trinajstić information content (AvgIpc) is 2.65. The second-order valence-corrected chi connectivity index (χ2v) is 8.30. The summed E-state index contributed by atoms with van der Waals surface area (Å²) in [6.45, 7) is 1.79. The summed E-state index contributed by atoms with van der Waals surface area (Å²) >= 11 is 6.06. The quantitative estimate of drug-likeness (QED) is 0.801. The molecule has 1 heterocycles. The maximum absolute atomic E-state index is 13.9. The highest BCUT2D eigenvalue weighted by atomic mass is 35.5. The number of hydrogen-bond acceptors (Lipinski definition) is 4. The van der Waals surface area contributed by atoms with E-state index in [1.165, 1.54) is 22.5 Å². The number of nitrogens with zero attached hydrogens (tertiary/aromatic N) is 3. The van der Waals surface area contributed by atoms with Gasteiger partial charge in [0, 0.05) is 43.3 Å². The molecule has 2 aromatic carbocycles. The molecular weight excluding hydrogens is 377 g/mol. The minimum Gasteiger partial charge on any atom is -0.296 e. The maximum atomic E-state index is 13.9. The Bertz CT molecular complexity index is 931. The molecule has 0 unspecified atom stereocenters. The summed E-state index contributed by atoms with van der Waals surface area (Å²) in [5.41, 5.74) is 0.549. The van der Waals surface area contributed by atoms with Gasteiger partial charge in [-0.2, -0.15) is 9.57 Å². The smallest absolute Gasteiger partial charge is 0.244 e. The van der Waals surface area contributed by atoms with Crippen LogP contribution in [0.25, 0.3) is 0 Å². The number of halogens is 2. The summed E-state index contributed by atoms with van der Waals surface area (Å²) in [6.07, 6.45) is 0. The fourth-order valence-corrected chi connectivity index (χ4v) is 4.75. The number of nitriles is 1. The zero-order chi connectivity index (χ0) is 18.7. The van der Waals surface area contributed by atoms with Crippen LogP contribution < -0.4 is 0 Å². The average molecular weight is 394 g/mol. The lowest BCUT2D eigenvalue weighted by atomic mass is 10.2. The predicted octanol–water partition coefficient (Wildman–Crippen LogP) is 2.86. The molecule has 5 nitrogen and oxygen atoms in total. The Morgan fingerprint density at radius 2 is 1.77 bits per heavy atom. The lowest BCUT2D eigenvalue weighted by molar-refractivity contribution is 0.180. The van der Waals surface area contributed by atoms with Crippen molar-refractivity contribution < 1.29 is 12.8 Å². The van der Waals surface area contributed by atoms with Crippen LogP contribution >= 0.6 is 11.6 Å². The first-order chi connectivity index (χ1) is 12.4. The summed E-state index contributed by atoms with van der Waals surface area (Å²) < 4.78 is 40.9. The number of benzene rings is 2. The first kappa shape index (κ1) is 18.8. The Kier molecular flexibility index (Phi) is 5.58. The molecular formula is C18H17ClFN3O2S. The number of rotatable bonds is 4. The minimum absolute atomic E-state index is 0.0214. The van der Waals surface area contributed by atoms with Gasteiger partial charge in [0.15, 0.2) is 0 Å². The first-order valence-corrected chi connectivity index (χ1v) is 9.90. The third kappa shape index (κ3) is 3.74. The largest absolute Gasteiger partial charge is 0.296 e. The van der Waals surface area contributed by atoms with Crippen LogP contribution in [0.15, 0.2) is 47.4 Å². The molecule has 0 N–H and O–H groups in total. The van der Waals surface area contributed by atoms with E-state index in [4.69, 9.17) is 16.9 Å². The van der Waals surface area contributed by atoms with Gasteiger partial charge in [0.25, 0.3) is 0 Å². The Morgan fingerprint density at radius 3 is 2.42 bits per heavy atom. The van der Waals surface area contributed by atoms with Gasteiger partial charge in [-0.25, -0.2) is 12.8 Å². The zero-order valence-electron chi connectivity index (χ0n) is 13.9. The molecule has 136 valence electrons. The molecule has 1 aliphatic heterocycles. The lowest BCUT2D eigenvalue weighted by Gasteiger charge is -2.34. The van der Waals surface area contributed by atoms with Gasteiger partial charge < -0.3 is 0 Å². The zero-order valence-corrected chi connectivity index (χ0v) is 15.5. The molecule has 26 heavy (non-hydrogen) atoms. The van der Waals surface area contributed by atoms with Crippen LogP contribution in [0.1, 0.15) is 11.1 Å². The molecule has 3 rings (SSSR count). The Balaban J connectivity index is 1.71. The van der Waals surface area contributed by atoms with Crippen molar-refractivity contribution in [2.45, 2.75) is 11.4 Å². The first-order valence-electron chi connectivity index (χ1n) is 8.08. The van der Waals surface area contributed by atoms with Crippen molar-refractivity contribution in [1.29, 1.82) is 5.26 Å². The minimum atomic E-state index is -3.73. The van der Waals surface area contributed by atoms with Gasteiger partial charge in [-0.1, -0.05) is 29.8 Å².